The highest BCUT2D eigenvalue weighted by molar-refractivity contribution is 6.74. The standard InChI is InChI=1S/C32H44FN5OSi/c1-23(24-10-13-26(33)14-11-24)37-16-18-38(19-17-37)31-21-30(34-22-35-31)36-29-9-7-8-25-12-15-27(20-28(25)29)39-40(5,6)32(2,3)4/h7-11,13-14,21-23,27H,12,15-20H2,1-6H3,(H,34,35,36)/t23-,27-/m0/s1. The van der Waals surface area contributed by atoms with Gasteiger partial charge in [0.2, 0.25) is 0 Å². The lowest BCUT2D eigenvalue weighted by Crippen LogP contribution is -2.47. The summed E-state index contributed by atoms with van der Waals surface area (Å²) in [5, 5.41) is 3.82. The zero-order chi connectivity index (χ0) is 28.5. The number of nitrogens with zero attached hydrogens (tertiary/aromatic N) is 4. The predicted octanol–water partition coefficient (Wildman–Crippen LogP) is 7.12. The Hall–Kier alpha value is -2.81. The average molecular weight is 562 g/mol. The third kappa shape index (κ3) is 6.40. The van der Waals surface area contributed by atoms with E-state index in [1.54, 1.807) is 18.5 Å². The van der Waals surface area contributed by atoms with Gasteiger partial charge in [-0.25, -0.2) is 14.4 Å². The number of piperazine rings is 1. The van der Waals surface area contributed by atoms with E-state index in [1.807, 2.05) is 12.1 Å². The highest BCUT2D eigenvalue weighted by Crippen LogP contribution is 2.40. The van der Waals surface area contributed by atoms with Crippen LogP contribution < -0.4 is 10.2 Å². The van der Waals surface area contributed by atoms with Gasteiger partial charge < -0.3 is 14.6 Å². The highest BCUT2D eigenvalue weighted by atomic mass is 28.4. The summed E-state index contributed by atoms with van der Waals surface area (Å²) < 4.78 is 20.2. The molecule has 0 unspecified atom stereocenters. The van der Waals surface area contributed by atoms with Crippen LogP contribution >= 0.6 is 0 Å². The number of hydrogen-bond acceptors (Lipinski definition) is 6. The Kier molecular flexibility index (Phi) is 8.31. The Morgan fingerprint density at radius 2 is 1.75 bits per heavy atom. The van der Waals surface area contributed by atoms with Gasteiger partial charge in [-0.1, -0.05) is 45.0 Å². The van der Waals surface area contributed by atoms with Crippen molar-refractivity contribution < 1.29 is 8.82 Å². The summed E-state index contributed by atoms with van der Waals surface area (Å²) in [7, 11) is -1.83. The van der Waals surface area contributed by atoms with E-state index in [-0.39, 0.29) is 23.0 Å². The smallest absolute Gasteiger partial charge is 0.192 e. The maximum atomic E-state index is 13.4. The molecule has 214 valence electrons. The van der Waals surface area contributed by atoms with Crippen LogP contribution in [0.15, 0.2) is 54.9 Å². The van der Waals surface area contributed by atoms with Gasteiger partial charge in [0, 0.05) is 50.1 Å². The lowest BCUT2D eigenvalue weighted by Gasteiger charge is -2.40. The summed E-state index contributed by atoms with van der Waals surface area (Å²) in [5.41, 5.74) is 5.01. The number of fused-ring (bicyclic) bond motifs is 1. The van der Waals surface area contributed by atoms with Crippen LogP contribution in [-0.2, 0) is 17.3 Å². The Morgan fingerprint density at radius 3 is 2.45 bits per heavy atom. The number of aryl methyl sites for hydroxylation is 1. The molecule has 0 spiro atoms. The van der Waals surface area contributed by atoms with Crippen molar-refractivity contribution in [3.05, 3.63) is 77.4 Å². The molecule has 0 bridgehead atoms. The molecular weight excluding hydrogens is 517 g/mol. The molecule has 8 heteroatoms. The van der Waals surface area contributed by atoms with E-state index in [4.69, 9.17) is 4.43 Å². The van der Waals surface area contributed by atoms with E-state index >= 15 is 0 Å². The fraction of sp³-hybridized carbons (Fsp3) is 0.500. The first-order chi connectivity index (χ1) is 19.0. The minimum Gasteiger partial charge on any atom is -0.414 e. The molecule has 1 aliphatic heterocycles. The summed E-state index contributed by atoms with van der Waals surface area (Å²) in [5.74, 6) is 1.56. The first kappa shape index (κ1) is 28.7. The summed E-state index contributed by atoms with van der Waals surface area (Å²) in [6.07, 6.45) is 4.96. The van der Waals surface area contributed by atoms with Crippen LogP contribution in [0.25, 0.3) is 0 Å². The Morgan fingerprint density at radius 1 is 1.02 bits per heavy atom. The van der Waals surface area contributed by atoms with E-state index in [1.165, 1.54) is 11.1 Å². The Balaban J connectivity index is 1.24. The molecule has 40 heavy (non-hydrogen) atoms. The third-order valence-electron chi connectivity index (χ3n) is 9.16. The third-order valence-corrected chi connectivity index (χ3v) is 13.7. The quantitative estimate of drug-likeness (QED) is 0.310. The molecule has 2 aliphatic rings. The van der Waals surface area contributed by atoms with Crippen molar-refractivity contribution in [2.24, 2.45) is 0 Å². The second-order valence-corrected chi connectivity index (χ2v) is 17.6. The van der Waals surface area contributed by atoms with E-state index in [2.05, 4.69) is 90.1 Å². The number of benzene rings is 2. The van der Waals surface area contributed by atoms with Crippen LogP contribution in [0.4, 0.5) is 21.7 Å². The molecule has 5 rings (SSSR count). The van der Waals surface area contributed by atoms with Gasteiger partial charge in [0.05, 0.1) is 0 Å². The number of rotatable bonds is 7. The van der Waals surface area contributed by atoms with Crippen LogP contribution in [0.5, 0.6) is 0 Å². The zero-order valence-corrected chi connectivity index (χ0v) is 25.9. The Bertz CT molecular complexity index is 1300. The molecule has 1 aromatic heterocycles. The number of anilines is 3. The lowest BCUT2D eigenvalue weighted by molar-refractivity contribution is 0.165. The average Bonchev–Trinajstić information content (AvgIpc) is 2.93. The minimum atomic E-state index is -1.83. The molecule has 0 radical (unpaired) electrons. The van der Waals surface area contributed by atoms with Crippen molar-refractivity contribution in [3.8, 4) is 0 Å². The van der Waals surface area contributed by atoms with Crippen molar-refractivity contribution in [1.29, 1.82) is 0 Å². The molecule has 1 saturated heterocycles. The maximum absolute atomic E-state index is 13.4. The largest absolute Gasteiger partial charge is 0.414 e. The number of hydrogen-bond donors (Lipinski definition) is 1. The van der Waals surface area contributed by atoms with Gasteiger partial charge in [-0.05, 0) is 79.2 Å². The summed E-state index contributed by atoms with van der Waals surface area (Å²) in [4.78, 5) is 13.9. The van der Waals surface area contributed by atoms with Crippen molar-refractivity contribution in [1.82, 2.24) is 14.9 Å². The van der Waals surface area contributed by atoms with Crippen LogP contribution in [0, 0.1) is 5.82 Å². The highest BCUT2D eigenvalue weighted by Gasteiger charge is 2.40. The maximum Gasteiger partial charge on any atom is 0.192 e. The molecule has 0 saturated carbocycles. The van der Waals surface area contributed by atoms with Crippen molar-refractivity contribution in [3.63, 3.8) is 0 Å². The van der Waals surface area contributed by atoms with Crippen LogP contribution in [-0.4, -0.2) is 55.5 Å². The first-order valence-electron chi connectivity index (χ1n) is 14.6. The number of halogens is 1. The first-order valence-corrected chi connectivity index (χ1v) is 17.5. The summed E-state index contributed by atoms with van der Waals surface area (Å²) >= 11 is 0. The molecule has 6 nitrogen and oxygen atoms in total. The molecule has 1 aliphatic carbocycles. The second-order valence-electron chi connectivity index (χ2n) is 12.8. The number of nitrogens with one attached hydrogen (secondary N) is 1. The molecule has 0 amide bonds. The topological polar surface area (TPSA) is 53.5 Å². The van der Waals surface area contributed by atoms with Crippen LogP contribution in [0.1, 0.15) is 56.8 Å². The van der Waals surface area contributed by atoms with E-state index in [0.717, 1.165) is 68.3 Å². The fourth-order valence-electron chi connectivity index (χ4n) is 5.58. The fourth-order valence-corrected chi connectivity index (χ4v) is 6.97. The van der Waals surface area contributed by atoms with E-state index in [9.17, 15) is 4.39 Å². The number of aromatic nitrogens is 2. The molecule has 3 aromatic rings. The summed E-state index contributed by atoms with van der Waals surface area (Å²) in [6, 6.07) is 15.7. The van der Waals surface area contributed by atoms with Crippen molar-refractivity contribution in [2.45, 2.75) is 77.2 Å². The SMILES string of the molecule is C[C@@H](c1ccc(F)cc1)N1CCN(c2cc(Nc3cccc4c3C[C@@H](O[Si](C)(C)C(C)(C)C)CC4)ncn2)CC1. The van der Waals surface area contributed by atoms with Gasteiger partial charge in [-0.3, -0.25) is 4.90 Å². The van der Waals surface area contributed by atoms with Crippen molar-refractivity contribution >= 4 is 25.6 Å². The van der Waals surface area contributed by atoms with Crippen LogP contribution in [0.2, 0.25) is 18.1 Å². The molecule has 2 heterocycles. The lowest BCUT2D eigenvalue weighted by atomic mass is 9.88. The van der Waals surface area contributed by atoms with Gasteiger partial charge >= 0.3 is 0 Å². The summed E-state index contributed by atoms with van der Waals surface area (Å²) in [6.45, 7) is 17.4. The predicted molar refractivity (Wildman–Crippen MR) is 164 cm³/mol. The van der Waals surface area contributed by atoms with Gasteiger partial charge in [0.1, 0.15) is 23.8 Å². The minimum absolute atomic E-state index is 0.191. The van der Waals surface area contributed by atoms with E-state index in [0.29, 0.717) is 0 Å². The van der Waals surface area contributed by atoms with Gasteiger partial charge in [0.15, 0.2) is 8.32 Å². The molecule has 1 N–H and O–H groups in total. The second kappa shape index (κ2) is 11.6. The van der Waals surface area contributed by atoms with E-state index < -0.39 is 8.32 Å². The van der Waals surface area contributed by atoms with Crippen LogP contribution in [0.3, 0.4) is 0 Å². The molecule has 2 atom stereocenters. The zero-order valence-electron chi connectivity index (χ0n) is 24.9. The van der Waals surface area contributed by atoms with Crippen molar-refractivity contribution in [2.75, 3.05) is 36.4 Å². The Labute approximate surface area is 240 Å². The normalized spacial score (nSPS) is 19.3. The van der Waals surface area contributed by atoms with Gasteiger partial charge in [0.25, 0.3) is 0 Å². The van der Waals surface area contributed by atoms with Gasteiger partial charge in [-0.15, -0.1) is 0 Å². The molecule has 1 fully saturated rings. The molecular formula is C32H44FN5OSi. The molecule has 2 aromatic carbocycles. The van der Waals surface area contributed by atoms with Gasteiger partial charge in [-0.2, -0.15) is 0 Å². The monoisotopic (exact) mass is 561 g/mol.